The fourth-order valence-corrected chi connectivity index (χ4v) is 1.92. The monoisotopic (exact) mass is 311 g/mol. The quantitative estimate of drug-likeness (QED) is 0.852. The van der Waals surface area contributed by atoms with E-state index in [0.717, 1.165) is 13.0 Å². The van der Waals surface area contributed by atoms with E-state index in [0.29, 0.717) is 23.8 Å². The highest BCUT2D eigenvalue weighted by atomic mass is 35.5. The molecule has 0 aliphatic rings. The third kappa shape index (κ3) is 4.79. The highest BCUT2D eigenvalue weighted by Crippen LogP contribution is 2.23. The standard InChI is InChI=1S/C15H19ClFN3O/c1-15(2,3)18-8-4-5-13-19-20-14(21-13)10-6-7-11(16)12(17)9-10/h6-7,9,18H,4-5,8H2,1-3H3. The van der Waals surface area contributed by atoms with Gasteiger partial charge in [-0.05, 0) is 51.9 Å². The van der Waals surface area contributed by atoms with Gasteiger partial charge in [-0.1, -0.05) is 11.6 Å². The highest BCUT2D eigenvalue weighted by molar-refractivity contribution is 6.30. The maximum Gasteiger partial charge on any atom is 0.247 e. The SMILES string of the molecule is CC(C)(C)NCCCc1nnc(-c2ccc(Cl)c(F)c2)o1. The van der Waals surface area contributed by atoms with Crippen LogP contribution in [0.3, 0.4) is 0 Å². The molecule has 0 saturated carbocycles. The van der Waals surface area contributed by atoms with Gasteiger partial charge in [0.15, 0.2) is 0 Å². The highest BCUT2D eigenvalue weighted by Gasteiger charge is 2.12. The van der Waals surface area contributed by atoms with Crippen LogP contribution in [0.25, 0.3) is 11.5 Å². The number of hydrogen-bond donors (Lipinski definition) is 1. The molecule has 0 aliphatic heterocycles. The van der Waals surface area contributed by atoms with E-state index >= 15 is 0 Å². The van der Waals surface area contributed by atoms with E-state index in [1.165, 1.54) is 12.1 Å². The van der Waals surface area contributed by atoms with Gasteiger partial charge in [-0.25, -0.2) is 4.39 Å². The molecule has 6 heteroatoms. The van der Waals surface area contributed by atoms with Crippen LogP contribution in [0.15, 0.2) is 22.6 Å². The predicted molar refractivity (Wildman–Crippen MR) is 80.8 cm³/mol. The molecular formula is C15H19ClFN3O. The fourth-order valence-electron chi connectivity index (χ4n) is 1.80. The largest absolute Gasteiger partial charge is 0.421 e. The average molecular weight is 312 g/mol. The first kappa shape index (κ1) is 15.9. The summed E-state index contributed by atoms with van der Waals surface area (Å²) in [5.74, 6) is 0.365. The summed E-state index contributed by atoms with van der Waals surface area (Å²) in [4.78, 5) is 0. The van der Waals surface area contributed by atoms with Crippen LogP contribution >= 0.6 is 11.6 Å². The topological polar surface area (TPSA) is 51.0 Å². The smallest absolute Gasteiger partial charge is 0.247 e. The molecule has 114 valence electrons. The van der Waals surface area contributed by atoms with Gasteiger partial charge in [0.2, 0.25) is 11.8 Å². The van der Waals surface area contributed by atoms with Crippen molar-refractivity contribution < 1.29 is 8.81 Å². The summed E-state index contributed by atoms with van der Waals surface area (Å²) < 4.78 is 18.9. The summed E-state index contributed by atoms with van der Waals surface area (Å²) in [5.41, 5.74) is 0.629. The second-order valence-corrected chi connectivity index (χ2v) is 6.32. The molecule has 0 unspecified atom stereocenters. The first-order chi connectivity index (χ1) is 9.85. The first-order valence-corrected chi connectivity index (χ1v) is 7.26. The molecular weight excluding hydrogens is 293 g/mol. The Bertz CT molecular complexity index is 607. The minimum absolute atomic E-state index is 0.0757. The molecule has 0 atom stereocenters. The molecule has 2 aromatic rings. The lowest BCUT2D eigenvalue weighted by molar-refractivity contribution is 0.412. The van der Waals surface area contributed by atoms with Crippen molar-refractivity contribution >= 4 is 11.6 Å². The second-order valence-electron chi connectivity index (χ2n) is 5.91. The van der Waals surface area contributed by atoms with Crippen molar-refractivity contribution in [1.82, 2.24) is 15.5 Å². The number of aryl methyl sites for hydroxylation is 1. The number of nitrogens with one attached hydrogen (secondary N) is 1. The van der Waals surface area contributed by atoms with Crippen LogP contribution < -0.4 is 5.32 Å². The molecule has 0 saturated heterocycles. The van der Waals surface area contributed by atoms with Crippen molar-refractivity contribution in [2.75, 3.05) is 6.54 Å². The Morgan fingerprint density at radius 3 is 2.71 bits per heavy atom. The van der Waals surface area contributed by atoms with Crippen LogP contribution in [0.4, 0.5) is 4.39 Å². The van der Waals surface area contributed by atoms with Crippen molar-refractivity contribution in [1.29, 1.82) is 0 Å². The van der Waals surface area contributed by atoms with Crippen LogP contribution in [0, 0.1) is 5.82 Å². The summed E-state index contributed by atoms with van der Waals surface area (Å²) in [6.45, 7) is 7.23. The third-order valence-corrected chi connectivity index (χ3v) is 3.16. The number of nitrogens with zero attached hydrogens (tertiary/aromatic N) is 2. The Morgan fingerprint density at radius 2 is 2.05 bits per heavy atom. The van der Waals surface area contributed by atoms with Gasteiger partial charge in [0.25, 0.3) is 0 Å². The van der Waals surface area contributed by atoms with E-state index < -0.39 is 5.82 Å². The number of hydrogen-bond acceptors (Lipinski definition) is 4. The van der Waals surface area contributed by atoms with E-state index in [2.05, 4.69) is 36.3 Å². The Balaban J connectivity index is 1.93. The van der Waals surface area contributed by atoms with Crippen LogP contribution in [-0.4, -0.2) is 22.3 Å². The maximum atomic E-state index is 13.4. The van der Waals surface area contributed by atoms with Crippen LogP contribution in [0.5, 0.6) is 0 Å². The molecule has 1 aromatic carbocycles. The summed E-state index contributed by atoms with van der Waals surface area (Å²) in [6.07, 6.45) is 1.58. The van der Waals surface area contributed by atoms with E-state index in [1.807, 2.05) is 0 Å². The zero-order valence-electron chi connectivity index (χ0n) is 12.4. The molecule has 4 nitrogen and oxygen atoms in total. The molecule has 1 heterocycles. The summed E-state index contributed by atoms with van der Waals surface area (Å²) in [7, 11) is 0. The zero-order chi connectivity index (χ0) is 15.5. The van der Waals surface area contributed by atoms with Gasteiger partial charge in [-0.2, -0.15) is 0 Å². The zero-order valence-corrected chi connectivity index (χ0v) is 13.2. The fraction of sp³-hybridized carbons (Fsp3) is 0.467. The van der Waals surface area contributed by atoms with Gasteiger partial charge in [0.05, 0.1) is 5.02 Å². The van der Waals surface area contributed by atoms with Gasteiger partial charge in [-0.15, -0.1) is 10.2 Å². The summed E-state index contributed by atoms with van der Waals surface area (Å²) in [6, 6.07) is 4.42. The lowest BCUT2D eigenvalue weighted by Gasteiger charge is -2.19. The van der Waals surface area contributed by atoms with Gasteiger partial charge >= 0.3 is 0 Å². The Morgan fingerprint density at radius 1 is 1.29 bits per heavy atom. The predicted octanol–water partition coefficient (Wildman–Crippen LogP) is 3.85. The molecule has 0 amide bonds. The Labute approximate surface area is 128 Å². The molecule has 0 fully saturated rings. The third-order valence-electron chi connectivity index (χ3n) is 2.86. The van der Waals surface area contributed by atoms with Gasteiger partial charge < -0.3 is 9.73 Å². The van der Waals surface area contributed by atoms with E-state index in [1.54, 1.807) is 6.07 Å². The van der Waals surface area contributed by atoms with Crippen LogP contribution in [0.2, 0.25) is 5.02 Å². The van der Waals surface area contributed by atoms with Crippen molar-refractivity contribution in [3.05, 3.63) is 34.9 Å². The minimum Gasteiger partial charge on any atom is -0.421 e. The first-order valence-electron chi connectivity index (χ1n) is 6.88. The molecule has 0 spiro atoms. The van der Waals surface area contributed by atoms with Crippen molar-refractivity contribution in [2.45, 2.75) is 39.2 Å². The van der Waals surface area contributed by atoms with Crippen molar-refractivity contribution in [3.8, 4) is 11.5 Å². The minimum atomic E-state index is -0.497. The summed E-state index contributed by atoms with van der Waals surface area (Å²) in [5, 5.41) is 11.4. The number of benzene rings is 1. The normalized spacial score (nSPS) is 11.9. The van der Waals surface area contributed by atoms with E-state index in [-0.39, 0.29) is 10.6 Å². The lowest BCUT2D eigenvalue weighted by atomic mass is 10.1. The number of aromatic nitrogens is 2. The molecule has 0 radical (unpaired) electrons. The van der Waals surface area contributed by atoms with Gasteiger partial charge in [0, 0.05) is 17.5 Å². The molecule has 1 N–H and O–H groups in total. The number of rotatable bonds is 5. The van der Waals surface area contributed by atoms with Gasteiger partial charge in [-0.3, -0.25) is 0 Å². The summed E-state index contributed by atoms with van der Waals surface area (Å²) >= 11 is 5.65. The molecule has 0 bridgehead atoms. The van der Waals surface area contributed by atoms with Crippen molar-refractivity contribution in [2.24, 2.45) is 0 Å². The number of halogens is 2. The van der Waals surface area contributed by atoms with E-state index in [9.17, 15) is 4.39 Å². The molecule has 2 rings (SSSR count). The Kier molecular flexibility index (Phi) is 4.96. The Hall–Kier alpha value is -1.46. The maximum absolute atomic E-state index is 13.4. The van der Waals surface area contributed by atoms with Crippen molar-refractivity contribution in [3.63, 3.8) is 0 Å². The molecule has 0 aliphatic carbocycles. The molecule has 21 heavy (non-hydrogen) atoms. The van der Waals surface area contributed by atoms with E-state index in [4.69, 9.17) is 16.0 Å². The average Bonchev–Trinajstić information content (AvgIpc) is 2.86. The lowest BCUT2D eigenvalue weighted by Crippen LogP contribution is -2.36. The van der Waals surface area contributed by atoms with Gasteiger partial charge in [0.1, 0.15) is 5.82 Å². The van der Waals surface area contributed by atoms with Crippen LogP contribution in [-0.2, 0) is 6.42 Å². The second kappa shape index (κ2) is 6.54. The van der Waals surface area contributed by atoms with Crippen LogP contribution in [0.1, 0.15) is 33.1 Å². The molecule has 1 aromatic heterocycles.